The molecule has 0 aliphatic carbocycles. The fourth-order valence-corrected chi connectivity index (χ4v) is 2.50. The Kier molecular flexibility index (Phi) is 3.45. The lowest BCUT2D eigenvalue weighted by Gasteiger charge is -2.07. The molecule has 0 aliphatic rings. The largest absolute Gasteiger partial charge is 0.416 e. The number of fused-ring (bicyclic) bond motifs is 1. The standard InChI is InChI=1S/C17H12F3N5/c18-17(19,20)12-6-8-13(9-7-12)21-16-22-14-4-3-5-15(25(14)23-16)24-10-1-2-11-24/h1-11H,(H,21,23). The highest BCUT2D eigenvalue weighted by Crippen LogP contribution is 2.30. The summed E-state index contributed by atoms with van der Waals surface area (Å²) in [5.74, 6) is 1.11. The average Bonchev–Trinajstić information content (AvgIpc) is 3.23. The van der Waals surface area contributed by atoms with Gasteiger partial charge in [-0.25, -0.2) is 0 Å². The third kappa shape index (κ3) is 2.93. The van der Waals surface area contributed by atoms with Crippen molar-refractivity contribution in [3.05, 3.63) is 72.6 Å². The Balaban J connectivity index is 1.65. The minimum Gasteiger partial charge on any atom is -0.323 e. The fraction of sp³-hybridized carbons (Fsp3) is 0.0588. The van der Waals surface area contributed by atoms with Gasteiger partial charge in [-0.2, -0.15) is 22.7 Å². The van der Waals surface area contributed by atoms with Crippen LogP contribution in [0.4, 0.5) is 24.8 Å². The van der Waals surface area contributed by atoms with Crippen LogP contribution in [0.15, 0.2) is 67.0 Å². The zero-order valence-electron chi connectivity index (χ0n) is 12.8. The molecule has 1 aromatic carbocycles. The minimum absolute atomic E-state index is 0.305. The fourth-order valence-electron chi connectivity index (χ4n) is 2.50. The number of halogens is 3. The highest BCUT2D eigenvalue weighted by Gasteiger charge is 2.29. The number of alkyl halides is 3. The van der Waals surface area contributed by atoms with Gasteiger partial charge in [0, 0.05) is 18.1 Å². The molecule has 0 saturated heterocycles. The molecule has 4 rings (SSSR count). The number of anilines is 2. The number of nitrogens with zero attached hydrogens (tertiary/aromatic N) is 4. The van der Waals surface area contributed by atoms with E-state index >= 15 is 0 Å². The molecule has 0 amide bonds. The number of aromatic nitrogens is 4. The summed E-state index contributed by atoms with van der Waals surface area (Å²) in [6.07, 6.45) is -0.579. The third-order valence-corrected chi connectivity index (χ3v) is 3.68. The van der Waals surface area contributed by atoms with Crippen LogP contribution in [0.2, 0.25) is 0 Å². The van der Waals surface area contributed by atoms with Crippen molar-refractivity contribution in [2.45, 2.75) is 6.18 Å². The number of pyridine rings is 1. The lowest BCUT2D eigenvalue weighted by atomic mass is 10.2. The lowest BCUT2D eigenvalue weighted by molar-refractivity contribution is -0.137. The number of benzene rings is 1. The molecule has 0 spiro atoms. The smallest absolute Gasteiger partial charge is 0.323 e. The van der Waals surface area contributed by atoms with E-state index in [2.05, 4.69) is 15.4 Å². The van der Waals surface area contributed by atoms with Gasteiger partial charge in [-0.3, -0.25) is 0 Å². The normalized spacial score (nSPS) is 11.8. The zero-order valence-corrected chi connectivity index (χ0v) is 12.8. The minimum atomic E-state index is -4.36. The first-order chi connectivity index (χ1) is 12.0. The molecule has 0 unspecified atom stereocenters. The molecule has 0 fully saturated rings. The van der Waals surface area contributed by atoms with E-state index in [1.165, 1.54) is 12.1 Å². The van der Waals surface area contributed by atoms with Gasteiger partial charge in [0.1, 0.15) is 5.82 Å². The van der Waals surface area contributed by atoms with Crippen LogP contribution in [-0.4, -0.2) is 19.2 Å². The van der Waals surface area contributed by atoms with E-state index in [1.54, 1.807) is 10.6 Å². The van der Waals surface area contributed by atoms with Crippen LogP contribution in [-0.2, 0) is 6.18 Å². The van der Waals surface area contributed by atoms with Crippen molar-refractivity contribution in [2.24, 2.45) is 0 Å². The van der Waals surface area contributed by atoms with E-state index in [0.717, 1.165) is 18.0 Å². The first-order valence-electron chi connectivity index (χ1n) is 7.44. The Morgan fingerprint density at radius 2 is 1.60 bits per heavy atom. The van der Waals surface area contributed by atoms with Gasteiger partial charge in [-0.15, -0.1) is 5.10 Å². The number of hydrogen-bond acceptors (Lipinski definition) is 3. The molecule has 25 heavy (non-hydrogen) atoms. The average molecular weight is 343 g/mol. The number of rotatable bonds is 3. The molecule has 8 heteroatoms. The van der Waals surface area contributed by atoms with E-state index in [-0.39, 0.29) is 0 Å². The summed E-state index contributed by atoms with van der Waals surface area (Å²) in [6, 6.07) is 14.1. The highest BCUT2D eigenvalue weighted by molar-refractivity contribution is 5.57. The maximum Gasteiger partial charge on any atom is 0.416 e. The summed E-state index contributed by atoms with van der Waals surface area (Å²) in [6.45, 7) is 0. The second-order valence-corrected chi connectivity index (χ2v) is 5.38. The van der Waals surface area contributed by atoms with Crippen LogP contribution >= 0.6 is 0 Å². The number of nitrogens with one attached hydrogen (secondary N) is 1. The van der Waals surface area contributed by atoms with Gasteiger partial charge in [0.05, 0.1) is 5.56 Å². The molecule has 5 nitrogen and oxygen atoms in total. The Labute approximate surface area is 140 Å². The van der Waals surface area contributed by atoms with E-state index in [0.29, 0.717) is 17.3 Å². The lowest BCUT2D eigenvalue weighted by Crippen LogP contribution is -2.04. The zero-order chi connectivity index (χ0) is 17.4. The first-order valence-corrected chi connectivity index (χ1v) is 7.44. The Bertz CT molecular complexity index is 1000. The molecule has 0 atom stereocenters. The van der Waals surface area contributed by atoms with Crippen molar-refractivity contribution < 1.29 is 13.2 Å². The van der Waals surface area contributed by atoms with Crippen molar-refractivity contribution in [1.82, 2.24) is 19.2 Å². The summed E-state index contributed by atoms with van der Waals surface area (Å²) in [5, 5.41) is 7.31. The van der Waals surface area contributed by atoms with Crippen LogP contribution in [0, 0.1) is 0 Å². The first kappa shape index (κ1) is 15.3. The van der Waals surface area contributed by atoms with Crippen LogP contribution in [0.3, 0.4) is 0 Å². The van der Waals surface area contributed by atoms with Crippen molar-refractivity contribution in [3.8, 4) is 5.82 Å². The van der Waals surface area contributed by atoms with E-state index in [9.17, 15) is 13.2 Å². The van der Waals surface area contributed by atoms with Crippen LogP contribution < -0.4 is 5.32 Å². The second-order valence-electron chi connectivity index (χ2n) is 5.38. The van der Waals surface area contributed by atoms with Gasteiger partial charge in [0.25, 0.3) is 0 Å². The molecule has 0 radical (unpaired) electrons. The van der Waals surface area contributed by atoms with Gasteiger partial charge in [-0.05, 0) is 48.5 Å². The maximum atomic E-state index is 12.6. The van der Waals surface area contributed by atoms with Crippen molar-refractivity contribution in [2.75, 3.05) is 5.32 Å². The topological polar surface area (TPSA) is 47.2 Å². The molecule has 4 aromatic rings. The monoisotopic (exact) mass is 343 g/mol. The van der Waals surface area contributed by atoms with Crippen molar-refractivity contribution >= 4 is 17.3 Å². The predicted molar refractivity (Wildman–Crippen MR) is 87.0 cm³/mol. The highest BCUT2D eigenvalue weighted by atomic mass is 19.4. The Hall–Kier alpha value is -3.29. The second kappa shape index (κ2) is 5.66. The molecule has 0 saturated carbocycles. The maximum absolute atomic E-state index is 12.6. The van der Waals surface area contributed by atoms with E-state index in [4.69, 9.17) is 0 Å². The predicted octanol–water partition coefficient (Wildman–Crippen LogP) is 4.28. The number of hydrogen-bond donors (Lipinski definition) is 1. The van der Waals surface area contributed by atoms with Gasteiger partial charge in [0.2, 0.25) is 5.95 Å². The van der Waals surface area contributed by atoms with Crippen LogP contribution in [0.1, 0.15) is 5.56 Å². The SMILES string of the molecule is FC(F)(F)c1ccc(Nc2nc3cccc(-n4cccc4)n3n2)cc1. The van der Waals surface area contributed by atoms with Crippen LogP contribution in [0.5, 0.6) is 0 Å². The molecule has 0 bridgehead atoms. The molecular weight excluding hydrogens is 331 g/mol. The van der Waals surface area contributed by atoms with Crippen molar-refractivity contribution in [3.63, 3.8) is 0 Å². The summed E-state index contributed by atoms with van der Waals surface area (Å²) in [7, 11) is 0. The molecule has 1 N–H and O–H groups in total. The third-order valence-electron chi connectivity index (χ3n) is 3.68. The Morgan fingerprint density at radius 3 is 2.28 bits per heavy atom. The Morgan fingerprint density at radius 1 is 0.880 bits per heavy atom. The summed E-state index contributed by atoms with van der Waals surface area (Å²) < 4.78 is 41.4. The molecule has 3 heterocycles. The quantitative estimate of drug-likeness (QED) is 0.604. The molecule has 0 aliphatic heterocycles. The van der Waals surface area contributed by atoms with E-state index < -0.39 is 11.7 Å². The van der Waals surface area contributed by atoms with Gasteiger partial charge in [0.15, 0.2) is 5.65 Å². The molecular formula is C17H12F3N5. The van der Waals surface area contributed by atoms with Gasteiger partial charge < -0.3 is 9.88 Å². The van der Waals surface area contributed by atoms with Crippen molar-refractivity contribution in [1.29, 1.82) is 0 Å². The summed E-state index contributed by atoms with van der Waals surface area (Å²) in [4.78, 5) is 4.35. The van der Waals surface area contributed by atoms with E-state index in [1.807, 2.05) is 41.2 Å². The molecule has 126 valence electrons. The summed E-state index contributed by atoms with van der Waals surface area (Å²) >= 11 is 0. The van der Waals surface area contributed by atoms with Gasteiger partial charge >= 0.3 is 6.18 Å². The van der Waals surface area contributed by atoms with Gasteiger partial charge in [-0.1, -0.05) is 6.07 Å². The van der Waals surface area contributed by atoms with Crippen LogP contribution in [0.25, 0.3) is 11.5 Å². The summed E-state index contributed by atoms with van der Waals surface area (Å²) in [5.41, 5.74) is 0.405. The molecule has 3 aromatic heterocycles.